The number of nitrogens with one attached hydrogen (secondary N) is 1. The third-order valence-electron chi connectivity index (χ3n) is 1.52. The van der Waals surface area contributed by atoms with Gasteiger partial charge in [0.2, 0.25) is 0 Å². The van der Waals surface area contributed by atoms with Gasteiger partial charge in [-0.3, -0.25) is 0 Å². The first-order valence-corrected chi connectivity index (χ1v) is 4.70. The number of hydrogen-bond donors (Lipinski definition) is 2. The molecule has 0 fully saturated rings. The minimum atomic E-state index is 0.0972. The van der Waals surface area contributed by atoms with Gasteiger partial charge in [0.05, 0.1) is 6.17 Å². The molecule has 0 aliphatic rings. The van der Waals surface area contributed by atoms with Crippen LogP contribution in [0.15, 0.2) is 12.3 Å². The molecule has 0 aliphatic heterocycles. The van der Waals surface area contributed by atoms with Crippen molar-refractivity contribution in [1.29, 1.82) is 0 Å². The summed E-state index contributed by atoms with van der Waals surface area (Å²) in [5, 5.41) is 3.14. The summed E-state index contributed by atoms with van der Waals surface area (Å²) in [6, 6.07) is 0. The molecule has 0 aromatic heterocycles. The maximum absolute atomic E-state index is 5.80. The average molecular weight is 170 g/mol. The Bertz CT molecular complexity index is 128. The molecule has 0 aliphatic carbocycles. The van der Waals surface area contributed by atoms with Crippen molar-refractivity contribution in [3.8, 4) is 0 Å². The van der Waals surface area contributed by atoms with Crippen LogP contribution in [0, 0.1) is 11.8 Å². The minimum absolute atomic E-state index is 0.0972. The zero-order valence-electron chi connectivity index (χ0n) is 8.67. The molecule has 2 heteroatoms. The molecule has 0 heterocycles. The number of hydrogen-bond acceptors (Lipinski definition) is 2. The molecule has 1 atom stereocenters. The summed E-state index contributed by atoms with van der Waals surface area (Å²) in [6.07, 6.45) is 5.18. The van der Waals surface area contributed by atoms with Gasteiger partial charge >= 0.3 is 0 Å². The summed E-state index contributed by atoms with van der Waals surface area (Å²) in [7, 11) is 0. The highest BCUT2D eigenvalue weighted by molar-refractivity contribution is 4.84. The third-order valence-corrected chi connectivity index (χ3v) is 1.52. The van der Waals surface area contributed by atoms with Crippen LogP contribution in [-0.4, -0.2) is 6.17 Å². The predicted molar refractivity (Wildman–Crippen MR) is 54.5 cm³/mol. The van der Waals surface area contributed by atoms with Crippen molar-refractivity contribution in [2.24, 2.45) is 17.6 Å². The molecule has 0 spiro atoms. The molecule has 0 radical (unpaired) electrons. The second-order valence-corrected chi connectivity index (χ2v) is 4.01. The monoisotopic (exact) mass is 170 g/mol. The molecule has 0 aromatic carbocycles. The van der Waals surface area contributed by atoms with Gasteiger partial charge in [-0.1, -0.05) is 33.8 Å². The van der Waals surface area contributed by atoms with Gasteiger partial charge in [0.1, 0.15) is 0 Å². The maximum Gasteiger partial charge on any atom is 0.0740 e. The molecule has 0 aromatic rings. The Morgan fingerprint density at radius 3 is 2.25 bits per heavy atom. The SMILES string of the molecule is CC(C)C=CN[C@H](N)CC(C)C. The van der Waals surface area contributed by atoms with Gasteiger partial charge in [-0.2, -0.15) is 0 Å². The van der Waals surface area contributed by atoms with E-state index in [2.05, 4.69) is 39.1 Å². The summed E-state index contributed by atoms with van der Waals surface area (Å²) >= 11 is 0. The van der Waals surface area contributed by atoms with E-state index in [4.69, 9.17) is 5.73 Å². The van der Waals surface area contributed by atoms with Crippen molar-refractivity contribution in [3.05, 3.63) is 12.3 Å². The Morgan fingerprint density at radius 1 is 1.25 bits per heavy atom. The first-order chi connectivity index (χ1) is 5.52. The second-order valence-electron chi connectivity index (χ2n) is 4.01. The minimum Gasteiger partial charge on any atom is -0.376 e. The summed E-state index contributed by atoms with van der Waals surface area (Å²) in [4.78, 5) is 0. The molecule has 0 saturated carbocycles. The van der Waals surface area contributed by atoms with E-state index < -0.39 is 0 Å². The average Bonchev–Trinajstić information content (AvgIpc) is 1.84. The standard InChI is InChI=1S/C10H22N2/c1-8(2)5-6-12-10(11)7-9(3)4/h5-6,8-10,12H,7,11H2,1-4H3/t10-/m0/s1. The van der Waals surface area contributed by atoms with Gasteiger partial charge in [-0.25, -0.2) is 0 Å². The van der Waals surface area contributed by atoms with Crippen LogP contribution >= 0.6 is 0 Å². The highest BCUT2D eigenvalue weighted by Crippen LogP contribution is 2.00. The summed E-state index contributed by atoms with van der Waals surface area (Å²) < 4.78 is 0. The quantitative estimate of drug-likeness (QED) is 0.620. The fraction of sp³-hybridized carbons (Fsp3) is 0.800. The van der Waals surface area contributed by atoms with Crippen LogP contribution in [0.25, 0.3) is 0 Å². The lowest BCUT2D eigenvalue weighted by Crippen LogP contribution is -2.34. The molecule has 0 rings (SSSR count). The van der Waals surface area contributed by atoms with Crippen molar-refractivity contribution in [2.45, 2.75) is 40.3 Å². The van der Waals surface area contributed by atoms with E-state index in [1.165, 1.54) is 0 Å². The van der Waals surface area contributed by atoms with E-state index >= 15 is 0 Å². The largest absolute Gasteiger partial charge is 0.376 e. The highest BCUT2D eigenvalue weighted by atomic mass is 15.0. The zero-order valence-corrected chi connectivity index (χ0v) is 8.67. The van der Waals surface area contributed by atoms with Crippen LogP contribution in [0.4, 0.5) is 0 Å². The Labute approximate surface area is 76.2 Å². The van der Waals surface area contributed by atoms with E-state index in [9.17, 15) is 0 Å². The van der Waals surface area contributed by atoms with Crippen LogP contribution in [0.1, 0.15) is 34.1 Å². The van der Waals surface area contributed by atoms with Crippen LogP contribution in [0.2, 0.25) is 0 Å². The van der Waals surface area contributed by atoms with Crippen LogP contribution in [0.3, 0.4) is 0 Å². The van der Waals surface area contributed by atoms with Gasteiger partial charge in [0.15, 0.2) is 0 Å². The molecule has 0 unspecified atom stereocenters. The van der Waals surface area contributed by atoms with Crippen molar-refractivity contribution in [3.63, 3.8) is 0 Å². The van der Waals surface area contributed by atoms with Crippen LogP contribution in [0.5, 0.6) is 0 Å². The van der Waals surface area contributed by atoms with Crippen molar-refractivity contribution in [2.75, 3.05) is 0 Å². The van der Waals surface area contributed by atoms with E-state index in [1.54, 1.807) is 0 Å². The van der Waals surface area contributed by atoms with Gasteiger partial charge in [-0.15, -0.1) is 0 Å². The first-order valence-electron chi connectivity index (χ1n) is 4.70. The first kappa shape index (κ1) is 11.5. The van der Waals surface area contributed by atoms with Gasteiger partial charge in [0, 0.05) is 0 Å². The van der Waals surface area contributed by atoms with E-state index in [0.717, 1.165) is 6.42 Å². The van der Waals surface area contributed by atoms with Gasteiger partial charge in [-0.05, 0) is 24.5 Å². The maximum atomic E-state index is 5.80. The molecule has 2 nitrogen and oxygen atoms in total. The molecule has 0 bridgehead atoms. The van der Waals surface area contributed by atoms with Crippen molar-refractivity contribution >= 4 is 0 Å². The Kier molecular flexibility index (Phi) is 5.81. The van der Waals surface area contributed by atoms with Crippen molar-refractivity contribution < 1.29 is 0 Å². The Morgan fingerprint density at radius 2 is 1.83 bits per heavy atom. The molecular weight excluding hydrogens is 148 g/mol. The second kappa shape index (κ2) is 6.06. The smallest absolute Gasteiger partial charge is 0.0740 e. The van der Waals surface area contributed by atoms with Crippen LogP contribution < -0.4 is 11.1 Å². The molecule has 0 saturated heterocycles. The lowest BCUT2D eigenvalue weighted by molar-refractivity contribution is 0.465. The van der Waals surface area contributed by atoms with E-state index in [1.807, 2.05) is 6.20 Å². The summed E-state index contributed by atoms with van der Waals surface area (Å²) in [6.45, 7) is 8.64. The highest BCUT2D eigenvalue weighted by Gasteiger charge is 2.01. The van der Waals surface area contributed by atoms with Crippen molar-refractivity contribution in [1.82, 2.24) is 5.32 Å². The number of rotatable bonds is 5. The Balaban J connectivity index is 3.49. The van der Waals surface area contributed by atoms with Crippen LogP contribution in [-0.2, 0) is 0 Å². The zero-order chi connectivity index (χ0) is 9.56. The molecule has 0 amide bonds. The van der Waals surface area contributed by atoms with E-state index in [-0.39, 0.29) is 6.17 Å². The number of nitrogens with two attached hydrogens (primary N) is 1. The van der Waals surface area contributed by atoms with Gasteiger partial charge in [0.25, 0.3) is 0 Å². The predicted octanol–water partition coefficient (Wildman–Crippen LogP) is 2.08. The number of allylic oxidation sites excluding steroid dienone is 1. The lowest BCUT2D eigenvalue weighted by Gasteiger charge is -2.13. The fourth-order valence-corrected chi connectivity index (χ4v) is 0.948. The normalized spacial score (nSPS) is 14.6. The summed E-state index contributed by atoms with van der Waals surface area (Å²) in [5.41, 5.74) is 5.80. The third kappa shape index (κ3) is 7.61. The molecule has 3 N–H and O–H groups in total. The fourth-order valence-electron chi connectivity index (χ4n) is 0.948. The van der Waals surface area contributed by atoms with E-state index in [0.29, 0.717) is 11.8 Å². The molecule has 72 valence electrons. The summed E-state index contributed by atoms with van der Waals surface area (Å²) in [5.74, 6) is 1.24. The topological polar surface area (TPSA) is 38.0 Å². The molecule has 12 heavy (non-hydrogen) atoms. The Hall–Kier alpha value is -0.500. The molecular formula is C10H22N2. The van der Waals surface area contributed by atoms with Gasteiger partial charge < -0.3 is 11.1 Å². The lowest BCUT2D eigenvalue weighted by atomic mass is 10.1.